The summed E-state index contributed by atoms with van der Waals surface area (Å²) in [7, 11) is 0. The summed E-state index contributed by atoms with van der Waals surface area (Å²) in [4.78, 5) is 10.4. The second-order valence-electron chi connectivity index (χ2n) is 4.30. The average Bonchev–Trinajstić information content (AvgIpc) is 2.93. The Hall–Kier alpha value is -1.62. The molecule has 1 saturated heterocycles. The number of hydrogen-bond acceptors (Lipinski definition) is 4. The predicted octanol–water partition coefficient (Wildman–Crippen LogP) is 2.82. The van der Waals surface area contributed by atoms with Crippen molar-refractivity contribution in [3.63, 3.8) is 0 Å². The third-order valence-electron chi connectivity index (χ3n) is 2.60. The van der Waals surface area contributed by atoms with E-state index in [9.17, 15) is 10.1 Å². The second kappa shape index (κ2) is 6.35. The Balaban J connectivity index is 2.61. The Kier molecular flexibility index (Phi) is 5.09. The first-order valence-corrected chi connectivity index (χ1v) is 5.92. The minimum atomic E-state index is -0.453. The van der Waals surface area contributed by atoms with Crippen molar-refractivity contribution >= 4 is 0 Å². The van der Waals surface area contributed by atoms with Crippen LogP contribution in [0.3, 0.4) is 0 Å². The van der Waals surface area contributed by atoms with Crippen molar-refractivity contribution in [1.29, 1.82) is 0 Å². The summed E-state index contributed by atoms with van der Waals surface area (Å²) in [5, 5.41) is 10.9. The smallest absolute Gasteiger partial charge is 0.306 e. The molecule has 1 heterocycles. The highest BCUT2D eigenvalue weighted by molar-refractivity contribution is 5.26. The molecule has 18 heavy (non-hydrogen) atoms. The van der Waals surface area contributed by atoms with Crippen molar-refractivity contribution < 1.29 is 14.4 Å². The van der Waals surface area contributed by atoms with Crippen molar-refractivity contribution in [2.75, 3.05) is 6.61 Å². The molecule has 0 amide bonds. The highest BCUT2D eigenvalue weighted by Gasteiger charge is 2.33. The van der Waals surface area contributed by atoms with Crippen LogP contribution in [0.1, 0.15) is 27.2 Å². The van der Waals surface area contributed by atoms with Gasteiger partial charge >= 0.3 is 5.70 Å². The van der Waals surface area contributed by atoms with E-state index in [0.717, 1.165) is 6.42 Å². The van der Waals surface area contributed by atoms with Crippen LogP contribution in [0.4, 0.5) is 0 Å². The highest BCUT2D eigenvalue weighted by atomic mass is 16.6. The quantitative estimate of drug-likeness (QED) is 0.230. The molecule has 0 spiro atoms. The highest BCUT2D eigenvalue weighted by Crippen LogP contribution is 2.25. The van der Waals surface area contributed by atoms with Crippen LogP contribution in [0.25, 0.3) is 0 Å². The molecule has 0 aromatic heterocycles. The van der Waals surface area contributed by atoms with Crippen LogP contribution in [-0.4, -0.2) is 23.7 Å². The van der Waals surface area contributed by atoms with Gasteiger partial charge in [0, 0.05) is 6.42 Å². The van der Waals surface area contributed by atoms with Gasteiger partial charge in [-0.3, -0.25) is 10.1 Å². The molecule has 0 aliphatic carbocycles. The van der Waals surface area contributed by atoms with E-state index in [-0.39, 0.29) is 23.7 Å². The van der Waals surface area contributed by atoms with Crippen LogP contribution < -0.4 is 0 Å². The minimum Gasteiger partial charge on any atom is -0.487 e. The molecule has 5 nitrogen and oxygen atoms in total. The van der Waals surface area contributed by atoms with E-state index in [1.54, 1.807) is 19.9 Å². The van der Waals surface area contributed by atoms with Gasteiger partial charge in [-0.2, -0.15) is 0 Å². The van der Waals surface area contributed by atoms with Crippen molar-refractivity contribution in [2.45, 2.75) is 39.4 Å². The van der Waals surface area contributed by atoms with Gasteiger partial charge in [0.2, 0.25) is 0 Å². The monoisotopic (exact) mass is 253 g/mol. The maximum Gasteiger partial charge on any atom is 0.306 e. The molecule has 0 aromatic carbocycles. The SMILES string of the molecule is C=C(C)/C=C(OCCC1OC1C)\C(=C/C)[N+](=O)[O-]. The van der Waals surface area contributed by atoms with Crippen molar-refractivity contribution in [3.05, 3.63) is 45.9 Å². The fourth-order valence-corrected chi connectivity index (χ4v) is 1.57. The zero-order valence-corrected chi connectivity index (χ0v) is 11.0. The third kappa shape index (κ3) is 4.33. The standard InChI is InChI=1S/C13H19NO4/c1-5-11(14(15)16)13(8-9(2)3)17-7-6-12-10(4)18-12/h5,8,10,12H,2,6-7H2,1,3-4H3/b11-5+,13-8+. The molecule has 0 bridgehead atoms. The Morgan fingerprint density at radius 2 is 2.22 bits per heavy atom. The summed E-state index contributed by atoms with van der Waals surface area (Å²) in [5.41, 5.74) is 0.671. The summed E-state index contributed by atoms with van der Waals surface area (Å²) < 4.78 is 10.7. The molecule has 100 valence electrons. The van der Waals surface area contributed by atoms with Crippen molar-refractivity contribution in [2.24, 2.45) is 0 Å². The Morgan fingerprint density at radius 3 is 2.61 bits per heavy atom. The third-order valence-corrected chi connectivity index (χ3v) is 2.60. The van der Waals surface area contributed by atoms with E-state index in [1.807, 2.05) is 6.92 Å². The van der Waals surface area contributed by atoms with Crippen molar-refractivity contribution in [1.82, 2.24) is 0 Å². The topological polar surface area (TPSA) is 64.9 Å². The lowest BCUT2D eigenvalue weighted by Gasteiger charge is -2.07. The van der Waals surface area contributed by atoms with Gasteiger partial charge in [0.25, 0.3) is 0 Å². The molecule has 2 unspecified atom stereocenters. The summed E-state index contributed by atoms with van der Waals surface area (Å²) in [5.74, 6) is 0.253. The summed E-state index contributed by atoms with van der Waals surface area (Å²) in [6, 6.07) is 0. The first-order valence-electron chi connectivity index (χ1n) is 5.92. The maximum absolute atomic E-state index is 10.9. The van der Waals surface area contributed by atoms with E-state index >= 15 is 0 Å². The van der Waals surface area contributed by atoms with E-state index < -0.39 is 4.92 Å². The number of ether oxygens (including phenoxy) is 2. The predicted molar refractivity (Wildman–Crippen MR) is 68.6 cm³/mol. The number of nitrogens with zero attached hydrogens (tertiary/aromatic N) is 1. The van der Waals surface area contributed by atoms with Crippen LogP contribution in [0.15, 0.2) is 35.8 Å². The van der Waals surface area contributed by atoms with Gasteiger partial charge in [0.05, 0.1) is 23.7 Å². The number of epoxide rings is 1. The summed E-state index contributed by atoms with van der Waals surface area (Å²) in [6.07, 6.45) is 4.24. The Bertz CT molecular complexity index is 398. The largest absolute Gasteiger partial charge is 0.487 e. The zero-order valence-electron chi connectivity index (χ0n) is 11.0. The molecule has 0 aromatic rings. The lowest BCUT2D eigenvalue weighted by molar-refractivity contribution is -0.424. The molecule has 1 aliphatic rings. The molecule has 5 heteroatoms. The van der Waals surface area contributed by atoms with E-state index in [4.69, 9.17) is 9.47 Å². The first-order chi connectivity index (χ1) is 8.45. The zero-order chi connectivity index (χ0) is 13.7. The van der Waals surface area contributed by atoms with Crippen LogP contribution in [0.2, 0.25) is 0 Å². The van der Waals surface area contributed by atoms with E-state index in [2.05, 4.69) is 6.58 Å². The van der Waals surface area contributed by atoms with Gasteiger partial charge in [-0.25, -0.2) is 0 Å². The fourth-order valence-electron chi connectivity index (χ4n) is 1.57. The molecular weight excluding hydrogens is 234 g/mol. The second-order valence-corrected chi connectivity index (χ2v) is 4.30. The maximum atomic E-state index is 10.9. The van der Waals surface area contributed by atoms with E-state index in [1.165, 1.54) is 6.08 Å². The lowest BCUT2D eigenvalue weighted by Crippen LogP contribution is -2.08. The minimum absolute atomic E-state index is 0.0391. The van der Waals surface area contributed by atoms with Gasteiger partial charge in [-0.1, -0.05) is 12.2 Å². The molecule has 0 radical (unpaired) electrons. The molecular formula is C13H19NO4. The summed E-state index contributed by atoms with van der Waals surface area (Å²) in [6.45, 7) is 9.48. The molecule has 2 atom stereocenters. The molecule has 1 fully saturated rings. The number of allylic oxidation sites excluding steroid dienone is 3. The summed E-state index contributed by atoms with van der Waals surface area (Å²) >= 11 is 0. The lowest BCUT2D eigenvalue weighted by atomic mass is 10.2. The fraction of sp³-hybridized carbons (Fsp3) is 0.538. The number of rotatable bonds is 7. The molecule has 0 N–H and O–H groups in total. The van der Waals surface area contributed by atoms with Crippen LogP contribution in [0.5, 0.6) is 0 Å². The van der Waals surface area contributed by atoms with Gasteiger partial charge in [0.1, 0.15) is 0 Å². The van der Waals surface area contributed by atoms with Gasteiger partial charge in [0.15, 0.2) is 5.76 Å². The van der Waals surface area contributed by atoms with E-state index in [0.29, 0.717) is 12.2 Å². The number of hydrogen-bond donors (Lipinski definition) is 0. The van der Waals surface area contributed by atoms with Gasteiger partial charge < -0.3 is 9.47 Å². The first kappa shape index (κ1) is 14.4. The van der Waals surface area contributed by atoms with Crippen LogP contribution in [-0.2, 0) is 9.47 Å². The van der Waals surface area contributed by atoms with Crippen LogP contribution >= 0.6 is 0 Å². The number of nitro groups is 1. The van der Waals surface area contributed by atoms with Crippen molar-refractivity contribution in [3.8, 4) is 0 Å². The molecule has 1 rings (SSSR count). The molecule has 1 aliphatic heterocycles. The Labute approximate surface area is 107 Å². The van der Waals surface area contributed by atoms with Gasteiger partial charge in [-0.15, -0.1) is 0 Å². The molecule has 0 saturated carbocycles. The van der Waals surface area contributed by atoms with Gasteiger partial charge in [-0.05, 0) is 32.9 Å². The Morgan fingerprint density at radius 1 is 1.61 bits per heavy atom. The van der Waals surface area contributed by atoms with Crippen LogP contribution in [0, 0.1) is 10.1 Å². The normalized spacial score (nSPS) is 23.7. The average molecular weight is 253 g/mol.